The van der Waals surface area contributed by atoms with Crippen molar-refractivity contribution in [3.63, 3.8) is 0 Å². The highest BCUT2D eigenvalue weighted by atomic mass is 127. The van der Waals surface area contributed by atoms with Crippen LogP contribution in [0.1, 0.15) is 24.5 Å². The molecule has 1 saturated heterocycles. The van der Waals surface area contributed by atoms with Gasteiger partial charge >= 0.3 is 0 Å². The highest BCUT2D eigenvalue weighted by Gasteiger charge is 2.25. The fraction of sp³-hybridized carbons (Fsp3) is 0.529. The van der Waals surface area contributed by atoms with Crippen LogP contribution in [0.15, 0.2) is 23.3 Å². The molecule has 10 heteroatoms. The summed E-state index contributed by atoms with van der Waals surface area (Å²) in [5, 5.41) is 16.0. The van der Waals surface area contributed by atoms with E-state index in [-0.39, 0.29) is 24.0 Å². The van der Waals surface area contributed by atoms with E-state index in [9.17, 15) is 0 Å². The third-order valence-corrected chi connectivity index (χ3v) is 5.19. The standard InChI is InChI=1S/C17H23ClN8.HI/c1-19-17(21-10-15-24-23-14-5-3-8-26(14)15)22-12-6-9-25(11-12)16-13(18)4-2-7-20-16;/h2,4,7,12H,3,5-6,8-11H2,1H3,(H2,19,21,22);1H. The average molecular weight is 503 g/mol. The maximum absolute atomic E-state index is 6.26. The van der Waals surface area contributed by atoms with Crippen molar-refractivity contribution in [3.8, 4) is 0 Å². The van der Waals surface area contributed by atoms with Crippen LogP contribution < -0.4 is 15.5 Å². The number of halogens is 2. The van der Waals surface area contributed by atoms with Crippen LogP contribution in [-0.2, 0) is 19.5 Å². The lowest BCUT2D eigenvalue weighted by atomic mass is 10.3. The molecule has 4 rings (SSSR count). The molecule has 2 aliphatic heterocycles. The maximum Gasteiger partial charge on any atom is 0.191 e. The summed E-state index contributed by atoms with van der Waals surface area (Å²) in [4.78, 5) is 10.9. The summed E-state index contributed by atoms with van der Waals surface area (Å²) in [6.07, 6.45) is 4.96. The molecular weight excluding hydrogens is 479 g/mol. The third kappa shape index (κ3) is 4.45. The Labute approximate surface area is 180 Å². The number of anilines is 1. The first-order valence-electron chi connectivity index (χ1n) is 8.98. The predicted octanol–water partition coefficient (Wildman–Crippen LogP) is 1.83. The Morgan fingerprint density at radius 3 is 3.07 bits per heavy atom. The van der Waals surface area contributed by atoms with Gasteiger partial charge in [-0.05, 0) is 25.0 Å². The molecule has 2 aliphatic rings. The Bertz CT molecular complexity index is 808. The van der Waals surface area contributed by atoms with Crippen LogP contribution in [-0.4, -0.2) is 51.9 Å². The first kappa shape index (κ1) is 20.1. The molecular formula is C17H24ClIN8. The molecule has 4 heterocycles. The maximum atomic E-state index is 6.26. The summed E-state index contributed by atoms with van der Waals surface area (Å²) >= 11 is 6.26. The van der Waals surface area contributed by atoms with E-state index < -0.39 is 0 Å². The molecule has 2 aromatic heterocycles. The smallest absolute Gasteiger partial charge is 0.191 e. The van der Waals surface area contributed by atoms with E-state index in [0.29, 0.717) is 17.6 Å². The van der Waals surface area contributed by atoms with Crippen LogP contribution in [0.2, 0.25) is 5.02 Å². The zero-order valence-corrected chi connectivity index (χ0v) is 18.3. The van der Waals surface area contributed by atoms with Gasteiger partial charge < -0.3 is 20.1 Å². The number of hydrogen-bond donors (Lipinski definition) is 2. The minimum Gasteiger partial charge on any atom is -0.353 e. The summed E-state index contributed by atoms with van der Waals surface area (Å²) in [6.45, 7) is 3.39. The van der Waals surface area contributed by atoms with E-state index in [1.54, 1.807) is 13.2 Å². The molecule has 27 heavy (non-hydrogen) atoms. The van der Waals surface area contributed by atoms with Gasteiger partial charge in [0.15, 0.2) is 11.8 Å². The normalized spacial score (nSPS) is 19.0. The molecule has 2 aromatic rings. The molecule has 146 valence electrons. The second-order valence-electron chi connectivity index (χ2n) is 6.60. The van der Waals surface area contributed by atoms with Gasteiger partial charge in [0, 0.05) is 45.3 Å². The second kappa shape index (κ2) is 9.05. The minimum absolute atomic E-state index is 0. The predicted molar refractivity (Wildman–Crippen MR) is 117 cm³/mol. The number of hydrogen-bond acceptors (Lipinski definition) is 5. The van der Waals surface area contributed by atoms with Gasteiger partial charge in [-0.1, -0.05) is 11.6 Å². The van der Waals surface area contributed by atoms with Gasteiger partial charge in [0.05, 0.1) is 11.6 Å². The molecule has 0 aromatic carbocycles. The van der Waals surface area contributed by atoms with E-state index in [0.717, 1.165) is 62.3 Å². The molecule has 1 atom stereocenters. The van der Waals surface area contributed by atoms with Crippen LogP contribution in [0.5, 0.6) is 0 Å². The van der Waals surface area contributed by atoms with E-state index >= 15 is 0 Å². The van der Waals surface area contributed by atoms with Crippen molar-refractivity contribution in [3.05, 3.63) is 35.0 Å². The number of aromatic nitrogens is 4. The van der Waals surface area contributed by atoms with Gasteiger partial charge in [-0.25, -0.2) is 4.98 Å². The molecule has 1 fully saturated rings. The fourth-order valence-corrected chi connectivity index (χ4v) is 3.81. The summed E-state index contributed by atoms with van der Waals surface area (Å²) in [5.41, 5.74) is 0. The summed E-state index contributed by atoms with van der Waals surface area (Å²) in [5.74, 6) is 3.68. The molecule has 8 nitrogen and oxygen atoms in total. The highest BCUT2D eigenvalue weighted by molar-refractivity contribution is 14.0. The van der Waals surface area contributed by atoms with Crippen LogP contribution >= 0.6 is 35.6 Å². The molecule has 1 unspecified atom stereocenters. The van der Waals surface area contributed by atoms with E-state index in [1.165, 1.54) is 0 Å². The van der Waals surface area contributed by atoms with E-state index in [4.69, 9.17) is 11.6 Å². The SMILES string of the molecule is CN=C(NCc1nnc2n1CCC2)NC1CCN(c2ncccc2Cl)C1.I. The van der Waals surface area contributed by atoms with Gasteiger partial charge in [0.2, 0.25) is 0 Å². The molecule has 0 bridgehead atoms. The molecule has 0 amide bonds. The average Bonchev–Trinajstić information content (AvgIpc) is 3.37. The van der Waals surface area contributed by atoms with Crippen LogP contribution in [0.25, 0.3) is 0 Å². The Morgan fingerprint density at radius 2 is 2.26 bits per heavy atom. The summed E-state index contributed by atoms with van der Waals surface area (Å²) in [6, 6.07) is 4.02. The Morgan fingerprint density at radius 1 is 1.37 bits per heavy atom. The molecule has 0 radical (unpaired) electrons. The fourth-order valence-electron chi connectivity index (χ4n) is 3.57. The molecule has 0 spiro atoms. The van der Waals surface area contributed by atoms with Gasteiger partial charge in [0.1, 0.15) is 11.6 Å². The zero-order valence-electron chi connectivity index (χ0n) is 15.2. The lowest BCUT2D eigenvalue weighted by Gasteiger charge is -2.20. The monoisotopic (exact) mass is 502 g/mol. The van der Waals surface area contributed by atoms with Crippen LogP contribution in [0.4, 0.5) is 5.82 Å². The molecule has 2 N–H and O–H groups in total. The van der Waals surface area contributed by atoms with Crippen molar-refractivity contribution in [2.24, 2.45) is 4.99 Å². The quantitative estimate of drug-likeness (QED) is 0.377. The number of aliphatic imine (C=N–C) groups is 1. The van der Waals surface area contributed by atoms with Crippen LogP contribution in [0, 0.1) is 0 Å². The largest absolute Gasteiger partial charge is 0.353 e. The number of rotatable bonds is 4. The lowest BCUT2D eigenvalue weighted by molar-refractivity contribution is 0.629. The van der Waals surface area contributed by atoms with Crippen molar-refractivity contribution in [2.45, 2.75) is 38.4 Å². The number of fused-ring (bicyclic) bond motifs is 1. The summed E-state index contributed by atoms with van der Waals surface area (Å²) < 4.78 is 2.20. The topological polar surface area (TPSA) is 83.3 Å². The Balaban J connectivity index is 0.00000210. The van der Waals surface area contributed by atoms with Gasteiger partial charge in [-0.3, -0.25) is 4.99 Å². The van der Waals surface area contributed by atoms with Crippen molar-refractivity contribution in [1.29, 1.82) is 0 Å². The van der Waals surface area contributed by atoms with Crippen molar-refractivity contribution < 1.29 is 0 Å². The first-order valence-corrected chi connectivity index (χ1v) is 9.36. The van der Waals surface area contributed by atoms with Crippen molar-refractivity contribution in [2.75, 3.05) is 25.0 Å². The Kier molecular flexibility index (Phi) is 6.74. The number of pyridine rings is 1. The summed E-state index contributed by atoms with van der Waals surface area (Å²) in [7, 11) is 1.78. The van der Waals surface area contributed by atoms with Gasteiger partial charge in [-0.2, -0.15) is 0 Å². The highest BCUT2D eigenvalue weighted by Crippen LogP contribution is 2.25. The minimum atomic E-state index is 0. The van der Waals surface area contributed by atoms with Crippen molar-refractivity contribution in [1.82, 2.24) is 30.4 Å². The van der Waals surface area contributed by atoms with Gasteiger partial charge in [-0.15, -0.1) is 34.2 Å². The Hall–Kier alpha value is -1.62. The zero-order chi connectivity index (χ0) is 17.9. The lowest BCUT2D eigenvalue weighted by Crippen LogP contribution is -2.44. The van der Waals surface area contributed by atoms with Crippen LogP contribution in [0.3, 0.4) is 0 Å². The molecule has 0 saturated carbocycles. The number of aryl methyl sites for hydroxylation is 1. The number of nitrogens with one attached hydrogen (secondary N) is 2. The van der Waals surface area contributed by atoms with E-state index in [2.05, 4.69) is 40.3 Å². The number of guanidine groups is 1. The first-order chi connectivity index (χ1) is 12.7. The second-order valence-corrected chi connectivity index (χ2v) is 7.01. The van der Waals surface area contributed by atoms with Gasteiger partial charge in [0.25, 0.3) is 0 Å². The van der Waals surface area contributed by atoms with Crippen molar-refractivity contribution >= 4 is 47.4 Å². The molecule has 0 aliphatic carbocycles. The third-order valence-electron chi connectivity index (χ3n) is 4.89. The number of nitrogens with zero attached hydrogens (tertiary/aromatic N) is 6. The van der Waals surface area contributed by atoms with E-state index in [1.807, 2.05) is 12.1 Å².